The highest BCUT2D eigenvalue weighted by molar-refractivity contribution is 5.99. The number of piperazine rings is 1. The summed E-state index contributed by atoms with van der Waals surface area (Å²) < 4.78 is 25.3. The van der Waals surface area contributed by atoms with Crippen molar-refractivity contribution in [2.24, 2.45) is 0 Å². The van der Waals surface area contributed by atoms with E-state index in [1.807, 2.05) is 0 Å². The minimum absolute atomic E-state index is 0.438. The standard InChI is InChI=1S/C14H16F2N2O2/c1-14(2)13(20)17-11(9-6-4-3-5-7-9)12(19)18(14)8-10(15)16/h3-7,10-11H,8H2,1-2H3,(H,17,20). The maximum atomic E-state index is 12.7. The summed E-state index contributed by atoms with van der Waals surface area (Å²) in [6.07, 6.45) is -2.68. The van der Waals surface area contributed by atoms with Gasteiger partial charge < -0.3 is 10.2 Å². The average molecular weight is 282 g/mol. The Kier molecular flexibility index (Phi) is 3.74. The van der Waals surface area contributed by atoms with Crippen LogP contribution in [0, 0.1) is 0 Å². The third-order valence-corrected chi connectivity index (χ3v) is 3.47. The second-order valence-corrected chi connectivity index (χ2v) is 5.22. The van der Waals surface area contributed by atoms with Crippen molar-refractivity contribution in [3.8, 4) is 0 Å². The van der Waals surface area contributed by atoms with Crippen molar-refractivity contribution in [3.05, 3.63) is 35.9 Å². The zero-order chi connectivity index (χ0) is 14.9. The number of carbonyl (C=O) groups is 2. The van der Waals surface area contributed by atoms with Gasteiger partial charge in [-0.05, 0) is 19.4 Å². The van der Waals surface area contributed by atoms with Gasteiger partial charge in [-0.1, -0.05) is 30.3 Å². The third kappa shape index (κ3) is 2.50. The number of amides is 2. The van der Waals surface area contributed by atoms with E-state index in [4.69, 9.17) is 0 Å². The van der Waals surface area contributed by atoms with Crippen molar-refractivity contribution < 1.29 is 18.4 Å². The van der Waals surface area contributed by atoms with E-state index in [1.165, 1.54) is 13.8 Å². The molecule has 6 heteroatoms. The number of carbonyl (C=O) groups excluding carboxylic acids is 2. The Hall–Kier alpha value is -1.98. The number of hydrogen-bond acceptors (Lipinski definition) is 2. The molecule has 1 aromatic carbocycles. The Morgan fingerprint density at radius 1 is 1.25 bits per heavy atom. The van der Waals surface area contributed by atoms with Gasteiger partial charge in [-0.25, -0.2) is 8.78 Å². The Morgan fingerprint density at radius 3 is 2.40 bits per heavy atom. The van der Waals surface area contributed by atoms with E-state index >= 15 is 0 Å². The molecule has 1 unspecified atom stereocenters. The van der Waals surface area contributed by atoms with Crippen LogP contribution in [0.15, 0.2) is 30.3 Å². The molecule has 1 aromatic rings. The fraction of sp³-hybridized carbons (Fsp3) is 0.429. The van der Waals surface area contributed by atoms with Crippen molar-refractivity contribution in [1.29, 1.82) is 0 Å². The Bertz CT molecular complexity index is 517. The van der Waals surface area contributed by atoms with Crippen LogP contribution in [-0.2, 0) is 9.59 Å². The number of nitrogens with zero attached hydrogens (tertiary/aromatic N) is 1. The van der Waals surface area contributed by atoms with Gasteiger partial charge in [-0.15, -0.1) is 0 Å². The van der Waals surface area contributed by atoms with Crippen LogP contribution in [0.5, 0.6) is 0 Å². The molecule has 1 heterocycles. The summed E-state index contributed by atoms with van der Waals surface area (Å²) in [6, 6.07) is 7.69. The first-order chi connectivity index (χ1) is 9.34. The van der Waals surface area contributed by atoms with Crippen LogP contribution < -0.4 is 5.32 Å². The van der Waals surface area contributed by atoms with Crippen molar-refractivity contribution >= 4 is 11.8 Å². The SMILES string of the molecule is CC1(C)C(=O)NC(c2ccccc2)C(=O)N1CC(F)F. The summed E-state index contributed by atoms with van der Waals surface area (Å²) in [5, 5.41) is 2.60. The molecule has 0 saturated carbocycles. The predicted molar refractivity (Wildman–Crippen MR) is 69.1 cm³/mol. The minimum atomic E-state index is -2.68. The molecule has 20 heavy (non-hydrogen) atoms. The topological polar surface area (TPSA) is 49.4 Å². The third-order valence-electron chi connectivity index (χ3n) is 3.47. The van der Waals surface area contributed by atoms with Gasteiger partial charge in [0, 0.05) is 0 Å². The van der Waals surface area contributed by atoms with Crippen LogP contribution in [-0.4, -0.2) is 35.2 Å². The van der Waals surface area contributed by atoms with E-state index in [-0.39, 0.29) is 0 Å². The highest BCUT2D eigenvalue weighted by atomic mass is 19.3. The van der Waals surface area contributed by atoms with Gasteiger partial charge in [0.1, 0.15) is 11.6 Å². The summed E-state index contributed by atoms with van der Waals surface area (Å²) in [5.41, 5.74) is -0.695. The summed E-state index contributed by atoms with van der Waals surface area (Å²) >= 11 is 0. The number of rotatable bonds is 3. The van der Waals surface area contributed by atoms with E-state index < -0.39 is 36.4 Å². The molecule has 0 radical (unpaired) electrons. The lowest BCUT2D eigenvalue weighted by molar-refractivity contribution is -0.157. The number of nitrogens with one attached hydrogen (secondary N) is 1. The molecule has 2 amide bonds. The monoisotopic (exact) mass is 282 g/mol. The van der Waals surface area contributed by atoms with Crippen molar-refractivity contribution in [1.82, 2.24) is 10.2 Å². The number of alkyl halides is 2. The van der Waals surface area contributed by atoms with Gasteiger partial charge in [0.25, 0.3) is 12.3 Å². The zero-order valence-corrected chi connectivity index (χ0v) is 11.3. The molecule has 1 fully saturated rings. The summed E-state index contributed by atoms with van der Waals surface area (Å²) in [5.74, 6) is -0.951. The van der Waals surface area contributed by atoms with Crippen LogP contribution in [0.2, 0.25) is 0 Å². The fourth-order valence-electron chi connectivity index (χ4n) is 2.25. The normalized spacial score (nSPS) is 22.1. The maximum Gasteiger partial charge on any atom is 0.255 e. The molecule has 1 atom stereocenters. The van der Waals surface area contributed by atoms with E-state index in [2.05, 4.69) is 5.32 Å². The molecule has 4 nitrogen and oxygen atoms in total. The van der Waals surface area contributed by atoms with Gasteiger partial charge in [0.15, 0.2) is 0 Å². The highest BCUT2D eigenvalue weighted by Gasteiger charge is 2.47. The Morgan fingerprint density at radius 2 is 1.85 bits per heavy atom. The Balaban J connectivity index is 2.35. The van der Waals surface area contributed by atoms with Crippen molar-refractivity contribution in [2.75, 3.05) is 6.54 Å². The lowest BCUT2D eigenvalue weighted by atomic mass is 9.93. The minimum Gasteiger partial charge on any atom is -0.338 e. The van der Waals surface area contributed by atoms with E-state index in [1.54, 1.807) is 30.3 Å². The summed E-state index contributed by atoms with van der Waals surface area (Å²) in [4.78, 5) is 25.4. The molecular formula is C14H16F2N2O2. The molecule has 2 rings (SSSR count). The quantitative estimate of drug-likeness (QED) is 0.918. The predicted octanol–water partition coefficient (Wildman–Crippen LogP) is 1.73. The van der Waals surface area contributed by atoms with Crippen LogP contribution in [0.25, 0.3) is 0 Å². The van der Waals surface area contributed by atoms with Gasteiger partial charge >= 0.3 is 0 Å². The molecule has 1 aliphatic rings. The van der Waals surface area contributed by atoms with Gasteiger partial charge in [0.05, 0.1) is 6.54 Å². The van der Waals surface area contributed by atoms with Crippen molar-refractivity contribution in [2.45, 2.75) is 31.9 Å². The second-order valence-electron chi connectivity index (χ2n) is 5.22. The molecular weight excluding hydrogens is 266 g/mol. The smallest absolute Gasteiger partial charge is 0.255 e. The largest absolute Gasteiger partial charge is 0.338 e. The first-order valence-electron chi connectivity index (χ1n) is 6.29. The first-order valence-corrected chi connectivity index (χ1v) is 6.29. The van der Waals surface area contributed by atoms with Gasteiger partial charge in [-0.3, -0.25) is 9.59 Å². The van der Waals surface area contributed by atoms with E-state index in [9.17, 15) is 18.4 Å². The molecule has 0 aliphatic carbocycles. The zero-order valence-electron chi connectivity index (χ0n) is 11.3. The summed E-state index contributed by atoms with van der Waals surface area (Å²) in [6.45, 7) is 2.18. The van der Waals surface area contributed by atoms with Gasteiger partial charge in [0.2, 0.25) is 5.91 Å². The Labute approximate surface area is 115 Å². The first kappa shape index (κ1) is 14.4. The maximum absolute atomic E-state index is 12.7. The van der Waals surface area contributed by atoms with Crippen LogP contribution in [0.4, 0.5) is 8.78 Å². The molecule has 0 spiro atoms. The number of hydrogen-bond donors (Lipinski definition) is 1. The molecule has 108 valence electrons. The molecule has 1 aliphatic heterocycles. The van der Waals surface area contributed by atoms with Gasteiger partial charge in [-0.2, -0.15) is 0 Å². The lowest BCUT2D eigenvalue weighted by Gasteiger charge is -2.44. The summed E-state index contributed by atoms with van der Waals surface area (Å²) in [7, 11) is 0. The van der Waals surface area contributed by atoms with E-state index in [0.717, 1.165) is 4.90 Å². The molecule has 1 saturated heterocycles. The molecule has 0 aromatic heterocycles. The fourth-order valence-corrected chi connectivity index (χ4v) is 2.25. The number of benzene rings is 1. The highest BCUT2D eigenvalue weighted by Crippen LogP contribution is 2.28. The number of halogens is 2. The van der Waals surface area contributed by atoms with E-state index in [0.29, 0.717) is 5.56 Å². The van der Waals surface area contributed by atoms with Crippen LogP contribution in [0.3, 0.4) is 0 Å². The van der Waals surface area contributed by atoms with Crippen molar-refractivity contribution in [3.63, 3.8) is 0 Å². The van der Waals surface area contributed by atoms with Crippen LogP contribution >= 0.6 is 0 Å². The second kappa shape index (κ2) is 5.19. The molecule has 0 bridgehead atoms. The van der Waals surface area contributed by atoms with Crippen LogP contribution in [0.1, 0.15) is 25.5 Å². The lowest BCUT2D eigenvalue weighted by Crippen LogP contribution is -2.66. The molecule has 1 N–H and O–H groups in total. The average Bonchev–Trinajstić information content (AvgIpc) is 2.40.